The van der Waals surface area contributed by atoms with E-state index < -0.39 is 12.1 Å². The number of ether oxygens (including phenoxy) is 2. The average molecular weight is 753 g/mol. The molecule has 1 amide bonds. The number of amides is 1. The van der Waals surface area contributed by atoms with Gasteiger partial charge in [-0.05, 0) is 107 Å². The van der Waals surface area contributed by atoms with Crippen LogP contribution in [0.3, 0.4) is 0 Å². The van der Waals surface area contributed by atoms with E-state index in [1.54, 1.807) is 0 Å². The summed E-state index contributed by atoms with van der Waals surface area (Å²) < 4.78 is 14.1. The second kappa shape index (κ2) is 14.7. The van der Waals surface area contributed by atoms with Gasteiger partial charge in [-0.15, -0.1) is 5.10 Å². The smallest absolute Gasteiger partial charge is 0.407 e. The van der Waals surface area contributed by atoms with Crippen molar-refractivity contribution in [1.82, 2.24) is 20.3 Å². The number of carbonyl (C=O) groups excluding carboxylic acids is 2. The third kappa shape index (κ3) is 6.47. The van der Waals surface area contributed by atoms with Gasteiger partial charge in [-0.1, -0.05) is 123 Å². The fourth-order valence-corrected chi connectivity index (χ4v) is 12.0. The number of carbonyl (C=O) groups is 2. The normalized spacial score (nSPS) is 29.6. The van der Waals surface area contributed by atoms with Crippen LogP contribution in [0.4, 0.5) is 4.79 Å². The summed E-state index contributed by atoms with van der Waals surface area (Å²) >= 11 is 0. The van der Waals surface area contributed by atoms with Crippen LogP contribution in [-0.2, 0) is 20.8 Å². The maximum Gasteiger partial charge on any atom is 0.407 e. The number of fused-ring (bicyclic) bond motifs is 8. The van der Waals surface area contributed by atoms with Crippen molar-refractivity contribution in [3.05, 3.63) is 119 Å². The standard InChI is InChI=1S/C48H56N4O4/c1-30(2)44(49-46(54)55-29-39-36-16-10-8-14-34(36)35-15-9-11-17-37(35)39)45(53)56-33-22-24-47(3)32(26-33)18-19-38-40-20-21-42(48(40,4)25-23-41(38)47)43-28-52(51-50-43)27-31-12-6-5-7-13-31/h5-18,28,30,33,38-42,44H,19-27,29H2,1-4H3,(H,49,54)/t33-,38?,40?,41?,42+,44-,47-,48-/m0/s1. The number of alkyl carbamates (subject to hydrolysis) is 1. The lowest BCUT2D eigenvalue weighted by Gasteiger charge is -2.58. The number of nitrogens with one attached hydrogen (secondary N) is 1. The highest BCUT2D eigenvalue weighted by Crippen LogP contribution is 2.68. The summed E-state index contributed by atoms with van der Waals surface area (Å²) in [7, 11) is 0. The van der Waals surface area contributed by atoms with Crippen LogP contribution < -0.4 is 5.32 Å². The zero-order valence-electron chi connectivity index (χ0n) is 33.3. The van der Waals surface area contributed by atoms with E-state index in [2.05, 4.69) is 91.2 Å². The van der Waals surface area contributed by atoms with Gasteiger partial charge in [-0.3, -0.25) is 0 Å². The Kier molecular flexibility index (Phi) is 9.65. The highest BCUT2D eigenvalue weighted by molar-refractivity contribution is 5.82. The van der Waals surface area contributed by atoms with E-state index in [0.717, 1.165) is 49.0 Å². The molecule has 1 heterocycles. The summed E-state index contributed by atoms with van der Waals surface area (Å²) in [4.78, 5) is 26.9. The zero-order chi connectivity index (χ0) is 38.6. The van der Waals surface area contributed by atoms with Gasteiger partial charge in [0.1, 0.15) is 18.8 Å². The highest BCUT2D eigenvalue weighted by atomic mass is 16.6. The molecule has 8 nitrogen and oxygen atoms in total. The van der Waals surface area contributed by atoms with E-state index in [9.17, 15) is 9.59 Å². The number of benzene rings is 3. The second-order valence-electron chi connectivity index (χ2n) is 18.3. The monoisotopic (exact) mass is 752 g/mol. The van der Waals surface area contributed by atoms with Gasteiger partial charge in [0.25, 0.3) is 0 Å². The first-order valence-electron chi connectivity index (χ1n) is 21.1. The number of aromatic nitrogens is 3. The van der Waals surface area contributed by atoms with Crippen LogP contribution in [0.2, 0.25) is 0 Å². The minimum atomic E-state index is -0.782. The van der Waals surface area contributed by atoms with Crippen LogP contribution in [0.5, 0.6) is 0 Å². The molecule has 5 aliphatic carbocycles. The zero-order valence-corrected chi connectivity index (χ0v) is 33.3. The van der Waals surface area contributed by atoms with Gasteiger partial charge in [-0.2, -0.15) is 0 Å². The number of esters is 1. The number of allylic oxidation sites excluding steroid dienone is 1. The highest BCUT2D eigenvalue weighted by Gasteiger charge is 2.59. The van der Waals surface area contributed by atoms with Crippen molar-refractivity contribution < 1.29 is 19.1 Å². The van der Waals surface area contributed by atoms with E-state index >= 15 is 0 Å². The van der Waals surface area contributed by atoms with Crippen LogP contribution in [0.15, 0.2) is 96.7 Å². The van der Waals surface area contributed by atoms with Crippen molar-refractivity contribution >= 4 is 12.1 Å². The van der Waals surface area contributed by atoms with Crippen molar-refractivity contribution in [3.63, 3.8) is 0 Å². The lowest BCUT2D eigenvalue weighted by molar-refractivity contribution is -0.155. The fraction of sp³-hybridized carbons (Fsp3) is 0.500. The molecule has 3 saturated carbocycles. The molecule has 1 aromatic heterocycles. The van der Waals surface area contributed by atoms with Gasteiger partial charge in [0, 0.05) is 24.5 Å². The molecule has 4 aromatic rings. The van der Waals surface area contributed by atoms with E-state index in [-0.39, 0.29) is 41.3 Å². The predicted molar refractivity (Wildman–Crippen MR) is 217 cm³/mol. The largest absolute Gasteiger partial charge is 0.461 e. The molecule has 3 unspecified atom stereocenters. The van der Waals surface area contributed by atoms with Crippen LogP contribution in [0.1, 0.15) is 113 Å². The molecule has 0 saturated heterocycles. The molecule has 1 N–H and O–H groups in total. The Balaban J connectivity index is 0.817. The van der Waals surface area contributed by atoms with Crippen molar-refractivity contribution in [2.45, 2.75) is 110 Å². The van der Waals surface area contributed by atoms with E-state index in [4.69, 9.17) is 14.6 Å². The van der Waals surface area contributed by atoms with Crippen LogP contribution in [-0.4, -0.2) is 45.8 Å². The number of rotatable bonds is 9. The number of hydrogen-bond acceptors (Lipinski definition) is 6. The Bertz CT molecular complexity index is 2080. The second-order valence-corrected chi connectivity index (χ2v) is 18.3. The van der Waals surface area contributed by atoms with Gasteiger partial charge in [0.15, 0.2) is 0 Å². The molecule has 8 heteroatoms. The molecule has 5 aliphatic rings. The summed E-state index contributed by atoms with van der Waals surface area (Å²) in [6, 6.07) is 26.3. The van der Waals surface area contributed by atoms with Crippen molar-refractivity contribution in [1.29, 1.82) is 0 Å². The van der Waals surface area contributed by atoms with Gasteiger partial charge in [0.2, 0.25) is 0 Å². The van der Waals surface area contributed by atoms with Crippen LogP contribution in [0, 0.1) is 34.5 Å². The van der Waals surface area contributed by atoms with Gasteiger partial charge >= 0.3 is 12.1 Å². The first-order valence-corrected chi connectivity index (χ1v) is 21.1. The van der Waals surface area contributed by atoms with Crippen LogP contribution >= 0.6 is 0 Å². The summed E-state index contributed by atoms with van der Waals surface area (Å²) in [5.74, 6) is 1.86. The molecule has 3 aromatic carbocycles. The van der Waals surface area contributed by atoms with Gasteiger partial charge < -0.3 is 14.8 Å². The first kappa shape index (κ1) is 36.9. The molecule has 0 bridgehead atoms. The minimum Gasteiger partial charge on any atom is -0.461 e. The number of nitrogens with zero attached hydrogens (tertiary/aromatic N) is 3. The summed E-state index contributed by atoms with van der Waals surface area (Å²) in [6.07, 6.45) is 12.6. The third-order valence-corrected chi connectivity index (χ3v) is 15.0. The average Bonchev–Trinajstić information content (AvgIpc) is 3.90. The Hall–Kier alpha value is -4.72. The maximum atomic E-state index is 13.7. The Morgan fingerprint density at radius 2 is 1.59 bits per heavy atom. The molecule has 9 rings (SSSR count). The molecule has 8 atom stereocenters. The lowest BCUT2D eigenvalue weighted by atomic mass is 9.47. The fourth-order valence-electron chi connectivity index (χ4n) is 12.0. The molecule has 0 radical (unpaired) electrons. The van der Waals surface area contributed by atoms with E-state index in [1.807, 2.05) is 42.8 Å². The Morgan fingerprint density at radius 3 is 2.32 bits per heavy atom. The topological polar surface area (TPSA) is 95.3 Å². The third-order valence-electron chi connectivity index (χ3n) is 15.0. The lowest BCUT2D eigenvalue weighted by Crippen LogP contribution is -2.51. The molecule has 3 fully saturated rings. The molecule has 56 heavy (non-hydrogen) atoms. The molecule has 0 aliphatic heterocycles. The van der Waals surface area contributed by atoms with E-state index in [1.165, 1.54) is 47.9 Å². The van der Waals surface area contributed by atoms with Crippen molar-refractivity contribution in [3.8, 4) is 11.1 Å². The minimum absolute atomic E-state index is 0.0437. The van der Waals surface area contributed by atoms with Crippen molar-refractivity contribution in [2.24, 2.45) is 34.5 Å². The molecular formula is C48H56N4O4. The maximum absolute atomic E-state index is 13.7. The Morgan fingerprint density at radius 1 is 0.875 bits per heavy atom. The van der Waals surface area contributed by atoms with E-state index in [0.29, 0.717) is 23.7 Å². The summed E-state index contributed by atoms with van der Waals surface area (Å²) in [5.41, 5.74) is 8.90. The SMILES string of the molecule is CC(C)[C@H](NC(=O)OCC1c2ccccc2-c2ccccc21)C(=O)O[C@H]1CC[C@@]2(C)C(=CCC3C2CC[C@@]2(C)C3CC[C@@H]2c2cn(Cc3ccccc3)nn2)C1. The molecule has 0 spiro atoms. The summed E-state index contributed by atoms with van der Waals surface area (Å²) in [5, 5.41) is 12.2. The first-order chi connectivity index (χ1) is 27.1. The van der Waals surface area contributed by atoms with Crippen LogP contribution in [0.25, 0.3) is 11.1 Å². The molecule has 292 valence electrons. The van der Waals surface area contributed by atoms with Crippen molar-refractivity contribution in [2.75, 3.05) is 6.61 Å². The Labute approximate surface area is 331 Å². The quantitative estimate of drug-likeness (QED) is 0.135. The predicted octanol–water partition coefficient (Wildman–Crippen LogP) is 9.85. The number of hydrogen-bond donors (Lipinski definition) is 1. The summed E-state index contributed by atoms with van der Waals surface area (Å²) in [6.45, 7) is 9.87. The van der Waals surface area contributed by atoms with Gasteiger partial charge in [-0.25, -0.2) is 14.3 Å². The molecular weight excluding hydrogens is 697 g/mol. The van der Waals surface area contributed by atoms with Gasteiger partial charge in [0.05, 0.1) is 12.2 Å².